The van der Waals surface area contributed by atoms with Crippen molar-refractivity contribution in [3.05, 3.63) is 29.3 Å². The van der Waals surface area contributed by atoms with Gasteiger partial charge in [-0.1, -0.05) is 6.07 Å². The second-order valence-electron chi connectivity index (χ2n) is 10.5. The van der Waals surface area contributed by atoms with Gasteiger partial charge in [-0.3, -0.25) is 29.5 Å². The molecule has 8 nitrogen and oxygen atoms in total. The molecular weight excluding hydrogens is 406 g/mol. The van der Waals surface area contributed by atoms with Gasteiger partial charge in [0.05, 0.1) is 0 Å². The zero-order chi connectivity index (χ0) is 22.6. The smallest absolute Gasteiger partial charge is 0.255 e. The fourth-order valence-corrected chi connectivity index (χ4v) is 5.51. The average molecular weight is 440 g/mol. The lowest BCUT2D eigenvalue weighted by atomic mass is 9.99. The molecule has 5 rings (SSSR count). The average Bonchev–Trinajstić information content (AvgIpc) is 3.04. The zero-order valence-corrected chi connectivity index (χ0v) is 19.3. The molecule has 1 atom stereocenters. The molecule has 4 heterocycles. The van der Waals surface area contributed by atoms with E-state index in [1.54, 1.807) is 4.90 Å². The maximum atomic E-state index is 13.1. The molecule has 1 unspecified atom stereocenters. The van der Waals surface area contributed by atoms with Gasteiger partial charge in [-0.25, -0.2) is 0 Å². The van der Waals surface area contributed by atoms with Gasteiger partial charge >= 0.3 is 0 Å². The first-order valence-corrected chi connectivity index (χ1v) is 11.7. The number of hydrogen-bond donors (Lipinski definition) is 1. The van der Waals surface area contributed by atoms with Gasteiger partial charge in [-0.15, -0.1) is 0 Å². The maximum Gasteiger partial charge on any atom is 0.255 e. The van der Waals surface area contributed by atoms with E-state index in [1.165, 1.54) is 0 Å². The predicted molar refractivity (Wildman–Crippen MR) is 121 cm³/mol. The number of carbonyl (C=O) groups excluding carboxylic acids is 3. The third-order valence-corrected chi connectivity index (χ3v) is 7.54. The normalized spacial score (nSPS) is 25.7. The molecule has 0 saturated carbocycles. The monoisotopic (exact) mass is 439 g/mol. The van der Waals surface area contributed by atoms with Crippen LogP contribution in [0.5, 0.6) is 0 Å². The van der Waals surface area contributed by atoms with Crippen molar-refractivity contribution in [3.63, 3.8) is 0 Å². The summed E-state index contributed by atoms with van der Waals surface area (Å²) in [7, 11) is 0. The summed E-state index contributed by atoms with van der Waals surface area (Å²) in [6, 6.07) is 5.87. The van der Waals surface area contributed by atoms with Crippen LogP contribution in [-0.2, 0) is 16.1 Å². The maximum absolute atomic E-state index is 13.1. The lowest BCUT2D eigenvalue weighted by Crippen LogP contribution is -2.64. The number of piperidine rings is 1. The molecule has 4 aliphatic heterocycles. The molecule has 0 aliphatic carbocycles. The van der Waals surface area contributed by atoms with E-state index in [0.717, 1.165) is 50.5 Å². The summed E-state index contributed by atoms with van der Waals surface area (Å²) in [5.41, 5.74) is 3.03. The van der Waals surface area contributed by atoms with Gasteiger partial charge in [-0.05, 0) is 39.3 Å². The van der Waals surface area contributed by atoms with Crippen LogP contribution in [0.3, 0.4) is 0 Å². The third kappa shape index (κ3) is 3.69. The predicted octanol–water partition coefficient (Wildman–Crippen LogP) is 1.05. The highest BCUT2D eigenvalue weighted by atomic mass is 16.2. The Morgan fingerprint density at radius 3 is 2.38 bits per heavy atom. The summed E-state index contributed by atoms with van der Waals surface area (Å²) in [5.74, 6) is -0.722. The first-order chi connectivity index (χ1) is 15.2. The van der Waals surface area contributed by atoms with Crippen LogP contribution in [0.1, 0.15) is 49.5 Å². The Hall–Kier alpha value is -2.45. The Kier molecular flexibility index (Phi) is 5.25. The lowest BCUT2D eigenvalue weighted by molar-refractivity contribution is -0.136. The minimum absolute atomic E-state index is 0.105. The third-order valence-electron chi connectivity index (χ3n) is 7.54. The first kappa shape index (κ1) is 21.4. The number of benzene rings is 1. The molecule has 0 spiro atoms. The summed E-state index contributed by atoms with van der Waals surface area (Å²) in [6.07, 6.45) is 0.672. The van der Waals surface area contributed by atoms with Crippen molar-refractivity contribution in [2.75, 3.05) is 44.2 Å². The summed E-state index contributed by atoms with van der Waals surface area (Å²) in [6.45, 7) is 13.6. The molecule has 1 aromatic rings. The van der Waals surface area contributed by atoms with Gasteiger partial charge in [0.15, 0.2) is 0 Å². The fourth-order valence-electron chi connectivity index (χ4n) is 5.51. The molecule has 1 aromatic carbocycles. The van der Waals surface area contributed by atoms with Gasteiger partial charge in [0.25, 0.3) is 5.91 Å². The van der Waals surface area contributed by atoms with Crippen molar-refractivity contribution < 1.29 is 14.4 Å². The summed E-state index contributed by atoms with van der Waals surface area (Å²) in [4.78, 5) is 46.0. The van der Waals surface area contributed by atoms with Gasteiger partial charge in [0.2, 0.25) is 11.8 Å². The standard InChI is InChI=1S/C24H33N5O3/c1-24(2,3)28-11-9-26(10-12-28)16-13-27(14-16)19-6-4-5-17-18(19)15-29(23(17)32)20-7-8-21(30)25-22(20)31/h4-6,16,20H,7-15H2,1-3H3,(H,25,30,31). The molecule has 172 valence electrons. The van der Waals surface area contributed by atoms with Crippen LogP contribution in [0.15, 0.2) is 18.2 Å². The van der Waals surface area contributed by atoms with E-state index in [1.807, 2.05) is 12.1 Å². The number of anilines is 1. The van der Waals surface area contributed by atoms with Crippen LogP contribution in [0.2, 0.25) is 0 Å². The van der Waals surface area contributed by atoms with Crippen molar-refractivity contribution >= 4 is 23.4 Å². The van der Waals surface area contributed by atoms with Crippen molar-refractivity contribution in [3.8, 4) is 0 Å². The van der Waals surface area contributed by atoms with Crippen LogP contribution in [0.4, 0.5) is 5.69 Å². The molecule has 0 radical (unpaired) electrons. The molecule has 3 saturated heterocycles. The van der Waals surface area contributed by atoms with E-state index in [9.17, 15) is 14.4 Å². The van der Waals surface area contributed by atoms with Gasteiger partial charge in [-0.2, -0.15) is 0 Å². The second-order valence-corrected chi connectivity index (χ2v) is 10.5. The highest BCUT2D eigenvalue weighted by Gasteiger charge is 2.42. The number of imide groups is 1. The number of carbonyl (C=O) groups is 3. The molecule has 3 amide bonds. The van der Waals surface area contributed by atoms with Crippen LogP contribution in [0.25, 0.3) is 0 Å². The topological polar surface area (TPSA) is 76.2 Å². The molecule has 0 aromatic heterocycles. The Labute approximate surface area is 189 Å². The minimum Gasteiger partial charge on any atom is -0.368 e. The molecule has 32 heavy (non-hydrogen) atoms. The fraction of sp³-hybridized carbons (Fsp3) is 0.625. The lowest BCUT2D eigenvalue weighted by Gasteiger charge is -2.51. The summed E-state index contributed by atoms with van der Waals surface area (Å²) in [5, 5.41) is 2.38. The molecule has 0 bridgehead atoms. The summed E-state index contributed by atoms with van der Waals surface area (Å²) < 4.78 is 0. The zero-order valence-electron chi connectivity index (χ0n) is 19.3. The number of amides is 3. The molecule has 4 aliphatic rings. The van der Waals surface area contributed by atoms with E-state index in [4.69, 9.17) is 0 Å². The van der Waals surface area contributed by atoms with E-state index >= 15 is 0 Å². The molecular formula is C24H33N5O3. The van der Waals surface area contributed by atoms with Gasteiger partial charge in [0, 0.05) is 80.6 Å². The van der Waals surface area contributed by atoms with E-state index in [-0.39, 0.29) is 29.7 Å². The number of rotatable bonds is 3. The summed E-state index contributed by atoms with van der Waals surface area (Å²) >= 11 is 0. The van der Waals surface area contributed by atoms with E-state index < -0.39 is 6.04 Å². The highest BCUT2D eigenvalue weighted by Crippen LogP contribution is 2.36. The highest BCUT2D eigenvalue weighted by molar-refractivity contribution is 6.06. The molecule has 3 fully saturated rings. The Balaban J connectivity index is 1.24. The first-order valence-electron chi connectivity index (χ1n) is 11.7. The van der Waals surface area contributed by atoms with Crippen molar-refractivity contribution in [2.45, 2.75) is 57.8 Å². The van der Waals surface area contributed by atoms with Gasteiger partial charge < -0.3 is 9.80 Å². The minimum atomic E-state index is -0.566. The van der Waals surface area contributed by atoms with Crippen LogP contribution in [-0.4, -0.2) is 89.3 Å². The second kappa shape index (κ2) is 7.85. The van der Waals surface area contributed by atoms with Crippen molar-refractivity contribution in [1.82, 2.24) is 20.0 Å². The quantitative estimate of drug-likeness (QED) is 0.710. The van der Waals surface area contributed by atoms with Crippen LogP contribution in [0, 0.1) is 0 Å². The van der Waals surface area contributed by atoms with Crippen molar-refractivity contribution in [1.29, 1.82) is 0 Å². The SMILES string of the molecule is CC(C)(C)N1CCN(C2CN(c3cccc4c3CN(C3CCC(=O)NC3=O)C4=O)C2)CC1. The Morgan fingerprint density at radius 2 is 1.72 bits per heavy atom. The van der Waals surface area contributed by atoms with Crippen LogP contribution >= 0.6 is 0 Å². The van der Waals surface area contributed by atoms with Crippen molar-refractivity contribution in [2.24, 2.45) is 0 Å². The largest absolute Gasteiger partial charge is 0.368 e. The molecule has 8 heteroatoms. The van der Waals surface area contributed by atoms with Gasteiger partial charge in [0.1, 0.15) is 6.04 Å². The van der Waals surface area contributed by atoms with E-state index in [2.05, 4.69) is 46.9 Å². The Bertz CT molecular complexity index is 941. The number of hydrogen-bond acceptors (Lipinski definition) is 6. The number of fused-ring (bicyclic) bond motifs is 1. The molecule has 1 N–H and O–H groups in total. The number of nitrogens with one attached hydrogen (secondary N) is 1. The van der Waals surface area contributed by atoms with E-state index in [0.29, 0.717) is 24.6 Å². The van der Waals surface area contributed by atoms with Crippen LogP contribution < -0.4 is 10.2 Å². The number of piperazine rings is 1. The number of nitrogens with zero attached hydrogens (tertiary/aromatic N) is 4. The Morgan fingerprint density at radius 1 is 1.00 bits per heavy atom.